The van der Waals surface area contributed by atoms with Crippen molar-refractivity contribution in [2.24, 2.45) is 5.10 Å². The monoisotopic (exact) mass is 440 g/mol. The highest BCUT2D eigenvalue weighted by molar-refractivity contribution is 7.20. The van der Waals surface area contributed by atoms with E-state index >= 15 is 0 Å². The number of carbonyl (C=O) groups is 1. The molecule has 5 rings (SSSR count). The number of aryl methyl sites for hydroxylation is 1. The van der Waals surface area contributed by atoms with Crippen molar-refractivity contribution < 1.29 is 4.79 Å². The average Bonchev–Trinajstić information content (AvgIpc) is 3.57. The predicted octanol–water partition coefficient (Wildman–Crippen LogP) is 4.74. The predicted molar refractivity (Wildman–Crippen MR) is 127 cm³/mol. The summed E-state index contributed by atoms with van der Waals surface area (Å²) in [7, 11) is 0. The highest BCUT2D eigenvalue weighted by atomic mass is 32.1. The van der Waals surface area contributed by atoms with E-state index in [0.717, 1.165) is 38.6 Å². The zero-order valence-electron chi connectivity index (χ0n) is 17.6. The highest BCUT2D eigenvalue weighted by Gasteiger charge is 2.17. The first-order valence-corrected chi connectivity index (χ1v) is 10.9. The number of para-hydroxylation sites is 1. The van der Waals surface area contributed by atoms with Gasteiger partial charge in [0.15, 0.2) is 0 Å². The van der Waals surface area contributed by atoms with E-state index in [9.17, 15) is 4.79 Å². The Morgan fingerprint density at radius 3 is 2.56 bits per heavy atom. The van der Waals surface area contributed by atoms with Crippen LogP contribution in [0.2, 0.25) is 0 Å². The summed E-state index contributed by atoms with van der Waals surface area (Å²) in [5.74, 6) is -0.236. The summed E-state index contributed by atoms with van der Waals surface area (Å²) in [5, 5.41) is 9.90. The molecule has 1 amide bonds. The molecule has 7 nitrogen and oxygen atoms in total. The van der Waals surface area contributed by atoms with E-state index in [1.54, 1.807) is 12.5 Å². The third-order valence-electron chi connectivity index (χ3n) is 5.18. The van der Waals surface area contributed by atoms with E-state index in [-0.39, 0.29) is 5.91 Å². The quantitative estimate of drug-likeness (QED) is 0.317. The molecule has 0 radical (unpaired) electrons. The zero-order chi connectivity index (χ0) is 22.1. The van der Waals surface area contributed by atoms with Gasteiger partial charge in [-0.3, -0.25) is 4.79 Å². The summed E-state index contributed by atoms with van der Waals surface area (Å²) in [4.78, 5) is 18.4. The van der Waals surface area contributed by atoms with Crippen molar-refractivity contribution in [1.29, 1.82) is 0 Å². The normalized spacial score (nSPS) is 11.8. The molecule has 0 bridgehead atoms. The lowest BCUT2D eigenvalue weighted by atomic mass is 10.1. The Morgan fingerprint density at radius 2 is 1.84 bits per heavy atom. The smallest absolute Gasteiger partial charge is 0.281 e. The number of rotatable bonds is 5. The lowest BCUT2D eigenvalue weighted by molar-refractivity contribution is 0.0959. The van der Waals surface area contributed by atoms with Gasteiger partial charge in [-0.1, -0.05) is 30.3 Å². The minimum absolute atomic E-state index is 0.236. The van der Waals surface area contributed by atoms with Crippen LogP contribution < -0.4 is 5.43 Å². The number of carbonyl (C=O) groups excluding carboxylic acids is 1. The maximum Gasteiger partial charge on any atom is 0.281 e. The molecule has 158 valence electrons. The first-order chi connectivity index (χ1) is 15.6. The number of benzene rings is 2. The lowest BCUT2D eigenvalue weighted by Crippen LogP contribution is -2.18. The number of hydrazone groups is 1. The summed E-state index contributed by atoms with van der Waals surface area (Å²) in [6.07, 6.45) is 5.38. The zero-order valence-corrected chi connectivity index (χ0v) is 18.4. The van der Waals surface area contributed by atoms with E-state index in [0.29, 0.717) is 4.88 Å². The minimum Gasteiger partial charge on any atom is -0.306 e. The fraction of sp³-hybridized carbons (Fsp3) is 0.0833. The molecular formula is C24H20N6OS. The van der Waals surface area contributed by atoms with Crippen LogP contribution in [0.1, 0.15) is 27.9 Å². The van der Waals surface area contributed by atoms with E-state index < -0.39 is 0 Å². The fourth-order valence-electron chi connectivity index (χ4n) is 3.44. The molecule has 32 heavy (non-hydrogen) atoms. The summed E-state index contributed by atoms with van der Waals surface area (Å²) >= 11 is 1.41. The third-order valence-corrected chi connectivity index (χ3v) is 6.29. The van der Waals surface area contributed by atoms with Gasteiger partial charge in [0, 0.05) is 23.5 Å². The van der Waals surface area contributed by atoms with Crippen molar-refractivity contribution >= 4 is 33.2 Å². The molecule has 0 aliphatic heterocycles. The first kappa shape index (κ1) is 19.9. The Balaban J connectivity index is 1.35. The number of amides is 1. The van der Waals surface area contributed by atoms with Crippen LogP contribution in [0.4, 0.5) is 0 Å². The van der Waals surface area contributed by atoms with E-state index in [4.69, 9.17) is 0 Å². The topological polar surface area (TPSA) is 77.1 Å². The summed E-state index contributed by atoms with van der Waals surface area (Å²) in [6, 6.07) is 19.7. The second kappa shape index (κ2) is 8.24. The van der Waals surface area contributed by atoms with Crippen molar-refractivity contribution in [3.05, 3.63) is 95.5 Å². The summed E-state index contributed by atoms with van der Waals surface area (Å²) < 4.78 is 3.81. The van der Waals surface area contributed by atoms with Crippen molar-refractivity contribution in [2.75, 3.05) is 0 Å². The van der Waals surface area contributed by atoms with Crippen LogP contribution in [-0.4, -0.2) is 31.0 Å². The van der Waals surface area contributed by atoms with Gasteiger partial charge in [-0.25, -0.2) is 15.1 Å². The van der Waals surface area contributed by atoms with Crippen LogP contribution in [0.15, 0.2) is 84.5 Å². The standard InChI is InChI=1S/C24H20N6OS/c1-16(18-8-10-19(11-9-18)29-13-12-25-15-29)26-27-23(31)22-14-21-17(2)28-30(24(21)32-22)20-6-4-3-5-7-20/h3-15H,1-2H3,(H,27,31)/b26-16+. The van der Waals surface area contributed by atoms with Crippen LogP contribution in [0, 0.1) is 6.92 Å². The molecule has 2 aromatic carbocycles. The van der Waals surface area contributed by atoms with Crippen LogP contribution in [0.3, 0.4) is 0 Å². The van der Waals surface area contributed by atoms with E-state index in [1.807, 2.05) is 90.0 Å². The molecule has 0 saturated heterocycles. The number of nitrogens with one attached hydrogen (secondary N) is 1. The molecule has 0 fully saturated rings. The Kier molecular flexibility index (Phi) is 5.12. The summed E-state index contributed by atoms with van der Waals surface area (Å²) in [5.41, 5.74) is 7.20. The van der Waals surface area contributed by atoms with Crippen molar-refractivity contribution in [1.82, 2.24) is 24.8 Å². The van der Waals surface area contributed by atoms with Crippen LogP contribution in [0.25, 0.3) is 21.6 Å². The molecule has 0 atom stereocenters. The number of thiophene rings is 1. The Bertz CT molecular complexity index is 1410. The molecule has 0 spiro atoms. The van der Waals surface area contributed by atoms with Gasteiger partial charge in [-0.2, -0.15) is 10.2 Å². The van der Waals surface area contributed by atoms with Crippen molar-refractivity contribution in [3.63, 3.8) is 0 Å². The maximum absolute atomic E-state index is 12.8. The largest absolute Gasteiger partial charge is 0.306 e. The molecular weight excluding hydrogens is 420 g/mol. The molecule has 5 aromatic rings. The van der Waals surface area contributed by atoms with Crippen molar-refractivity contribution in [3.8, 4) is 11.4 Å². The fourth-order valence-corrected chi connectivity index (χ4v) is 4.52. The molecule has 0 unspecified atom stereocenters. The van der Waals surface area contributed by atoms with Crippen LogP contribution in [0.5, 0.6) is 0 Å². The Hall–Kier alpha value is -4.04. The van der Waals surface area contributed by atoms with E-state index in [2.05, 4.69) is 20.6 Å². The number of imidazole rings is 1. The number of hydrogen-bond donors (Lipinski definition) is 1. The second-order valence-corrected chi connectivity index (χ2v) is 8.35. The third kappa shape index (κ3) is 3.72. The summed E-state index contributed by atoms with van der Waals surface area (Å²) in [6.45, 7) is 3.82. The molecule has 3 aromatic heterocycles. The Morgan fingerprint density at radius 1 is 1.06 bits per heavy atom. The average molecular weight is 441 g/mol. The number of aromatic nitrogens is 4. The van der Waals surface area contributed by atoms with Gasteiger partial charge in [0.1, 0.15) is 4.83 Å². The SMILES string of the molecule is C/C(=N\NC(=O)c1cc2c(C)nn(-c3ccccc3)c2s1)c1ccc(-n2ccnc2)cc1. The lowest BCUT2D eigenvalue weighted by Gasteiger charge is -2.05. The minimum atomic E-state index is -0.236. The molecule has 3 heterocycles. The van der Waals surface area contributed by atoms with Crippen LogP contribution >= 0.6 is 11.3 Å². The molecule has 0 saturated carbocycles. The number of nitrogens with zero attached hydrogens (tertiary/aromatic N) is 5. The molecule has 0 aliphatic carbocycles. The molecule has 1 N–H and O–H groups in total. The maximum atomic E-state index is 12.8. The first-order valence-electron chi connectivity index (χ1n) is 10.1. The van der Waals surface area contributed by atoms with Gasteiger partial charge < -0.3 is 4.57 Å². The van der Waals surface area contributed by atoms with Crippen molar-refractivity contribution in [2.45, 2.75) is 13.8 Å². The van der Waals surface area contributed by atoms with Gasteiger partial charge in [-0.15, -0.1) is 11.3 Å². The van der Waals surface area contributed by atoms with Gasteiger partial charge in [-0.05, 0) is 49.7 Å². The number of fused-ring (bicyclic) bond motifs is 1. The van der Waals surface area contributed by atoms with Gasteiger partial charge >= 0.3 is 0 Å². The molecule has 0 aliphatic rings. The van der Waals surface area contributed by atoms with Gasteiger partial charge in [0.2, 0.25) is 0 Å². The number of hydrogen-bond acceptors (Lipinski definition) is 5. The Labute approximate surface area is 188 Å². The van der Waals surface area contributed by atoms with Gasteiger partial charge in [0.05, 0.1) is 28.3 Å². The van der Waals surface area contributed by atoms with Crippen LogP contribution in [-0.2, 0) is 0 Å². The van der Waals surface area contributed by atoms with Gasteiger partial charge in [0.25, 0.3) is 5.91 Å². The second-order valence-electron chi connectivity index (χ2n) is 7.32. The molecule has 8 heteroatoms. The van der Waals surface area contributed by atoms with E-state index in [1.165, 1.54) is 11.3 Å². The highest BCUT2D eigenvalue weighted by Crippen LogP contribution is 2.30.